The van der Waals surface area contributed by atoms with E-state index in [1.54, 1.807) is 0 Å². The van der Waals surface area contributed by atoms with E-state index in [2.05, 4.69) is 34.6 Å². The maximum absolute atomic E-state index is 11.0. The van der Waals surface area contributed by atoms with Gasteiger partial charge in [-0.05, 0) is 98.6 Å². The predicted octanol–water partition coefficient (Wildman–Crippen LogP) is 4.70. The first kappa shape index (κ1) is 14.1. The largest absolute Gasteiger partial charge is 0.388 e. The van der Waals surface area contributed by atoms with Gasteiger partial charge >= 0.3 is 0 Å². The molecule has 2 fully saturated rings. The number of hydrogen-bond donors (Lipinski definition) is 1. The van der Waals surface area contributed by atoms with E-state index in [1.807, 2.05) is 0 Å². The van der Waals surface area contributed by atoms with Crippen LogP contribution in [0.15, 0.2) is 0 Å². The van der Waals surface area contributed by atoms with E-state index >= 15 is 0 Å². The molecule has 3 rings (SSSR count). The molecule has 3 unspecified atom stereocenters. The zero-order valence-electron chi connectivity index (χ0n) is 13.6. The van der Waals surface area contributed by atoms with Crippen molar-refractivity contribution in [1.29, 1.82) is 0 Å². The van der Waals surface area contributed by atoms with Crippen molar-refractivity contribution < 1.29 is 5.11 Å². The lowest BCUT2D eigenvalue weighted by molar-refractivity contribution is 0.140. The third-order valence-electron chi connectivity index (χ3n) is 6.44. The van der Waals surface area contributed by atoms with Gasteiger partial charge in [0.25, 0.3) is 0 Å². The van der Waals surface area contributed by atoms with E-state index in [0.29, 0.717) is 5.92 Å². The van der Waals surface area contributed by atoms with Crippen molar-refractivity contribution in [3.05, 3.63) is 33.4 Å². The van der Waals surface area contributed by atoms with E-state index in [9.17, 15) is 5.11 Å². The van der Waals surface area contributed by atoms with Crippen molar-refractivity contribution >= 4 is 0 Å². The van der Waals surface area contributed by atoms with Crippen LogP contribution >= 0.6 is 0 Å². The summed E-state index contributed by atoms with van der Waals surface area (Å²) < 4.78 is 0. The van der Waals surface area contributed by atoms with Gasteiger partial charge in [0, 0.05) is 0 Å². The molecule has 0 spiro atoms. The minimum atomic E-state index is -0.235. The van der Waals surface area contributed by atoms with Gasteiger partial charge in [-0.25, -0.2) is 0 Å². The van der Waals surface area contributed by atoms with Crippen LogP contribution in [0.1, 0.15) is 65.2 Å². The molecule has 0 heterocycles. The molecule has 1 aromatic carbocycles. The SMILES string of the molecule is Cc1c(C)c(C)c(C(O)C2C3CCCCC32)c(C)c1C. The van der Waals surface area contributed by atoms with E-state index in [4.69, 9.17) is 0 Å². The fourth-order valence-corrected chi connectivity index (χ4v) is 4.68. The van der Waals surface area contributed by atoms with Crippen LogP contribution in [0.5, 0.6) is 0 Å². The highest BCUT2D eigenvalue weighted by Crippen LogP contribution is 2.61. The summed E-state index contributed by atoms with van der Waals surface area (Å²) in [6.07, 6.45) is 5.19. The Kier molecular flexibility index (Phi) is 3.44. The Morgan fingerprint density at radius 2 is 1.15 bits per heavy atom. The Labute approximate surface area is 123 Å². The lowest BCUT2D eigenvalue weighted by atomic mass is 9.85. The van der Waals surface area contributed by atoms with E-state index in [-0.39, 0.29) is 6.10 Å². The van der Waals surface area contributed by atoms with Gasteiger partial charge in [0.05, 0.1) is 6.10 Å². The van der Waals surface area contributed by atoms with Gasteiger partial charge in [0.2, 0.25) is 0 Å². The lowest BCUT2D eigenvalue weighted by Gasteiger charge is -2.23. The summed E-state index contributed by atoms with van der Waals surface area (Å²) in [6, 6.07) is 0. The Morgan fingerprint density at radius 3 is 1.60 bits per heavy atom. The Bertz CT molecular complexity index is 502. The Balaban J connectivity index is 1.98. The number of fused-ring (bicyclic) bond motifs is 1. The summed E-state index contributed by atoms with van der Waals surface area (Å²) in [5.74, 6) is 2.15. The molecule has 0 amide bonds. The van der Waals surface area contributed by atoms with Gasteiger partial charge in [0.15, 0.2) is 0 Å². The molecule has 2 saturated carbocycles. The summed E-state index contributed by atoms with van der Waals surface area (Å²) in [4.78, 5) is 0. The van der Waals surface area contributed by atoms with Crippen LogP contribution in [0.2, 0.25) is 0 Å². The molecular formula is C19H28O. The van der Waals surface area contributed by atoms with E-state index in [0.717, 1.165) is 11.8 Å². The molecule has 3 atom stereocenters. The summed E-state index contributed by atoms with van der Waals surface area (Å²) in [7, 11) is 0. The molecule has 1 heteroatoms. The summed E-state index contributed by atoms with van der Waals surface area (Å²) in [6.45, 7) is 11.0. The fourth-order valence-electron chi connectivity index (χ4n) is 4.68. The molecular weight excluding hydrogens is 244 g/mol. The molecule has 0 bridgehead atoms. The van der Waals surface area contributed by atoms with Crippen LogP contribution in [0.4, 0.5) is 0 Å². The van der Waals surface area contributed by atoms with Crippen molar-refractivity contribution in [2.45, 2.75) is 66.4 Å². The maximum Gasteiger partial charge on any atom is 0.0829 e. The standard InChI is InChI=1S/C19H28O/c1-10-11(2)13(4)17(14(5)12(10)3)19(20)18-15-8-6-7-9-16(15)18/h15-16,18-20H,6-9H2,1-5H3. The maximum atomic E-state index is 11.0. The minimum absolute atomic E-state index is 0.235. The summed E-state index contributed by atoms with van der Waals surface area (Å²) in [5.41, 5.74) is 8.01. The zero-order valence-corrected chi connectivity index (χ0v) is 13.6. The van der Waals surface area contributed by atoms with Gasteiger partial charge in [-0.1, -0.05) is 12.8 Å². The second kappa shape index (κ2) is 4.87. The van der Waals surface area contributed by atoms with Crippen LogP contribution in [-0.2, 0) is 0 Å². The van der Waals surface area contributed by atoms with Gasteiger partial charge in [-0.15, -0.1) is 0 Å². The first-order valence-electron chi connectivity index (χ1n) is 8.20. The highest BCUT2D eigenvalue weighted by atomic mass is 16.3. The number of aliphatic hydroxyl groups is 1. The van der Waals surface area contributed by atoms with Gasteiger partial charge in [-0.2, -0.15) is 0 Å². The third kappa shape index (κ3) is 1.94. The molecule has 1 aromatic rings. The van der Waals surface area contributed by atoms with Crippen LogP contribution in [0, 0.1) is 52.4 Å². The molecule has 2 aliphatic carbocycles. The molecule has 20 heavy (non-hydrogen) atoms. The monoisotopic (exact) mass is 272 g/mol. The molecule has 110 valence electrons. The van der Waals surface area contributed by atoms with Crippen molar-refractivity contribution in [2.75, 3.05) is 0 Å². The average molecular weight is 272 g/mol. The second-order valence-corrected chi connectivity index (χ2v) is 7.17. The molecule has 2 aliphatic rings. The molecule has 1 N–H and O–H groups in total. The van der Waals surface area contributed by atoms with E-state index in [1.165, 1.54) is 59.1 Å². The molecule has 0 saturated heterocycles. The first-order chi connectivity index (χ1) is 9.45. The quantitative estimate of drug-likeness (QED) is 0.827. The predicted molar refractivity (Wildman–Crippen MR) is 84.0 cm³/mol. The average Bonchev–Trinajstić information content (AvgIpc) is 3.17. The van der Waals surface area contributed by atoms with Crippen LogP contribution < -0.4 is 0 Å². The van der Waals surface area contributed by atoms with Crippen LogP contribution in [0.25, 0.3) is 0 Å². The van der Waals surface area contributed by atoms with Crippen molar-refractivity contribution in [1.82, 2.24) is 0 Å². The van der Waals surface area contributed by atoms with E-state index < -0.39 is 0 Å². The topological polar surface area (TPSA) is 20.2 Å². The normalized spacial score (nSPS) is 30.0. The van der Waals surface area contributed by atoms with Crippen molar-refractivity contribution in [3.63, 3.8) is 0 Å². The highest BCUT2D eigenvalue weighted by Gasteiger charge is 2.54. The van der Waals surface area contributed by atoms with Crippen molar-refractivity contribution in [3.8, 4) is 0 Å². The third-order valence-corrected chi connectivity index (χ3v) is 6.44. The van der Waals surface area contributed by atoms with Gasteiger partial charge in [-0.3, -0.25) is 0 Å². The second-order valence-electron chi connectivity index (χ2n) is 7.17. The smallest absolute Gasteiger partial charge is 0.0829 e. The minimum Gasteiger partial charge on any atom is -0.388 e. The molecule has 0 aromatic heterocycles. The first-order valence-corrected chi connectivity index (χ1v) is 8.20. The number of benzene rings is 1. The van der Waals surface area contributed by atoms with Crippen molar-refractivity contribution in [2.24, 2.45) is 17.8 Å². The molecule has 0 radical (unpaired) electrons. The molecule has 0 aliphatic heterocycles. The number of rotatable bonds is 2. The summed E-state index contributed by atoms with van der Waals surface area (Å²) >= 11 is 0. The highest BCUT2D eigenvalue weighted by molar-refractivity contribution is 5.50. The Hall–Kier alpha value is -0.820. The summed E-state index contributed by atoms with van der Waals surface area (Å²) in [5, 5.41) is 11.0. The zero-order chi connectivity index (χ0) is 14.6. The van der Waals surface area contributed by atoms with Gasteiger partial charge < -0.3 is 5.11 Å². The fraction of sp³-hybridized carbons (Fsp3) is 0.684. The lowest BCUT2D eigenvalue weighted by Crippen LogP contribution is -2.11. The van der Waals surface area contributed by atoms with Crippen LogP contribution in [-0.4, -0.2) is 5.11 Å². The van der Waals surface area contributed by atoms with Gasteiger partial charge in [0.1, 0.15) is 0 Å². The number of aliphatic hydroxyl groups excluding tert-OH is 1. The Morgan fingerprint density at radius 1 is 0.750 bits per heavy atom. The van der Waals surface area contributed by atoms with Crippen LogP contribution in [0.3, 0.4) is 0 Å². The molecule has 1 nitrogen and oxygen atoms in total. The number of hydrogen-bond acceptors (Lipinski definition) is 1.